The van der Waals surface area contributed by atoms with Crippen molar-refractivity contribution >= 4 is 11.5 Å². The van der Waals surface area contributed by atoms with E-state index in [9.17, 15) is 10.1 Å². The normalized spacial score (nSPS) is 15.9. The van der Waals surface area contributed by atoms with Crippen molar-refractivity contribution in [3.05, 3.63) is 15.8 Å². The van der Waals surface area contributed by atoms with Crippen LogP contribution in [0.1, 0.15) is 44.7 Å². The third-order valence-corrected chi connectivity index (χ3v) is 3.79. The van der Waals surface area contributed by atoms with Crippen molar-refractivity contribution in [2.24, 2.45) is 13.0 Å². The van der Waals surface area contributed by atoms with Gasteiger partial charge in [-0.2, -0.15) is 5.10 Å². The Balaban J connectivity index is 2.15. The van der Waals surface area contributed by atoms with Crippen molar-refractivity contribution < 1.29 is 4.92 Å². The van der Waals surface area contributed by atoms with Crippen molar-refractivity contribution in [3.8, 4) is 0 Å². The number of nitro groups is 1. The first-order valence-corrected chi connectivity index (χ1v) is 7.07. The highest BCUT2D eigenvalue weighted by Crippen LogP contribution is 2.31. The van der Waals surface area contributed by atoms with Crippen LogP contribution >= 0.6 is 0 Å². The molecule has 1 heterocycles. The highest BCUT2D eigenvalue weighted by Gasteiger charge is 2.26. The fourth-order valence-corrected chi connectivity index (χ4v) is 2.82. The molecule has 0 aromatic carbocycles. The summed E-state index contributed by atoms with van der Waals surface area (Å²) in [5.74, 6) is 1.20. The second-order valence-corrected chi connectivity index (χ2v) is 5.31. The average Bonchev–Trinajstić information content (AvgIpc) is 2.95. The topological polar surface area (TPSA) is 73.0 Å². The molecule has 0 spiro atoms. The van der Waals surface area contributed by atoms with Crippen molar-refractivity contribution in [2.45, 2.75) is 45.4 Å². The lowest BCUT2D eigenvalue weighted by atomic mass is 10.1. The molecule has 1 aromatic heterocycles. The van der Waals surface area contributed by atoms with Gasteiger partial charge in [0.25, 0.3) is 0 Å². The second kappa shape index (κ2) is 6.04. The summed E-state index contributed by atoms with van der Waals surface area (Å²) in [5, 5.41) is 18.8. The fourth-order valence-electron chi connectivity index (χ4n) is 2.82. The minimum atomic E-state index is -0.311. The number of nitrogens with zero attached hydrogens (tertiary/aromatic N) is 3. The fraction of sp³-hybridized carbons (Fsp3) is 0.769. The van der Waals surface area contributed by atoms with Crippen molar-refractivity contribution in [1.29, 1.82) is 0 Å². The van der Waals surface area contributed by atoms with Gasteiger partial charge in [0.05, 0.1) is 4.92 Å². The minimum Gasteiger partial charge on any atom is -0.364 e. The Labute approximate surface area is 113 Å². The molecule has 1 aliphatic carbocycles. The maximum Gasteiger partial charge on any atom is 0.333 e. The van der Waals surface area contributed by atoms with Crippen molar-refractivity contribution in [1.82, 2.24) is 9.78 Å². The zero-order valence-corrected chi connectivity index (χ0v) is 11.7. The van der Waals surface area contributed by atoms with E-state index in [1.807, 2.05) is 6.92 Å². The lowest BCUT2D eigenvalue weighted by Crippen LogP contribution is -2.14. The number of hydrogen-bond donors (Lipinski definition) is 1. The number of aryl methyl sites for hydroxylation is 2. The van der Waals surface area contributed by atoms with Crippen LogP contribution in [0, 0.1) is 16.0 Å². The monoisotopic (exact) mass is 266 g/mol. The molecular formula is C13H22N4O2. The van der Waals surface area contributed by atoms with Gasteiger partial charge in [-0.15, -0.1) is 0 Å². The molecule has 6 heteroatoms. The van der Waals surface area contributed by atoms with E-state index < -0.39 is 0 Å². The minimum absolute atomic E-state index is 0.155. The number of nitrogens with one attached hydrogen (secondary N) is 1. The van der Waals surface area contributed by atoms with Crippen LogP contribution in [0.3, 0.4) is 0 Å². The van der Waals surface area contributed by atoms with Gasteiger partial charge in [0.2, 0.25) is 5.82 Å². The van der Waals surface area contributed by atoms with Crippen molar-refractivity contribution in [2.75, 3.05) is 11.9 Å². The lowest BCUT2D eigenvalue weighted by molar-refractivity contribution is -0.384. The molecule has 0 radical (unpaired) electrons. The largest absolute Gasteiger partial charge is 0.364 e. The summed E-state index contributed by atoms with van der Waals surface area (Å²) in [5.41, 5.74) is 0.742. The van der Waals surface area contributed by atoms with E-state index in [4.69, 9.17) is 0 Å². The standard InChI is InChI=1S/C13H22N4O2/c1-3-6-11-12(17(18)19)13(16(2)15-11)14-9-10-7-4-5-8-10/h10,14H,3-9H2,1-2H3. The van der Waals surface area contributed by atoms with Crippen LogP contribution in [-0.4, -0.2) is 21.2 Å². The van der Waals surface area contributed by atoms with Crippen LogP contribution in [0.5, 0.6) is 0 Å². The number of rotatable bonds is 6. The maximum absolute atomic E-state index is 11.2. The van der Waals surface area contributed by atoms with Gasteiger partial charge in [0.1, 0.15) is 5.69 Å². The third-order valence-electron chi connectivity index (χ3n) is 3.79. The molecule has 1 aliphatic rings. The van der Waals surface area contributed by atoms with Gasteiger partial charge in [0, 0.05) is 13.6 Å². The maximum atomic E-state index is 11.2. The summed E-state index contributed by atoms with van der Waals surface area (Å²) in [4.78, 5) is 10.9. The van der Waals surface area contributed by atoms with E-state index in [2.05, 4.69) is 10.4 Å². The number of aromatic nitrogens is 2. The number of hydrogen-bond acceptors (Lipinski definition) is 4. The Hall–Kier alpha value is -1.59. The third kappa shape index (κ3) is 3.05. The first-order chi connectivity index (χ1) is 9.13. The summed E-state index contributed by atoms with van der Waals surface area (Å²) in [7, 11) is 1.77. The predicted molar refractivity (Wildman–Crippen MR) is 74.3 cm³/mol. The van der Waals surface area contributed by atoms with Gasteiger partial charge in [-0.25, -0.2) is 4.68 Å². The summed E-state index contributed by atoms with van der Waals surface area (Å²) < 4.78 is 1.61. The quantitative estimate of drug-likeness (QED) is 0.634. The predicted octanol–water partition coefficient (Wildman–Crippen LogP) is 2.88. The first-order valence-electron chi connectivity index (χ1n) is 7.07. The lowest BCUT2D eigenvalue weighted by Gasteiger charge is -2.11. The first kappa shape index (κ1) is 13.8. The Morgan fingerprint density at radius 1 is 1.47 bits per heavy atom. The van der Waals surface area contributed by atoms with Crippen LogP contribution in [0.2, 0.25) is 0 Å². The van der Waals surface area contributed by atoms with E-state index in [-0.39, 0.29) is 10.6 Å². The van der Waals surface area contributed by atoms with Gasteiger partial charge in [-0.1, -0.05) is 26.2 Å². The molecule has 0 saturated heterocycles. The van der Waals surface area contributed by atoms with E-state index >= 15 is 0 Å². The van der Waals surface area contributed by atoms with E-state index in [0.29, 0.717) is 23.9 Å². The average molecular weight is 266 g/mol. The van der Waals surface area contributed by atoms with Gasteiger partial charge in [0.15, 0.2) is 0 Å². The molecule has 0 atom stereocenters. The molecule has 1 saturated carbocycles. The molecule has 1 N–H and O–H groups in total. The van der Waals surface area contributed by atoms with Crippen LogP contribution in [-0.2, 0) is 13.5 Å². The van der Waals surface area contributed by atoms with E-state index in [0.717, 1.165) is 13.0 Å². The molecule has 106 valence electrons. The van der Waals surface area contributed by atoms with E-state index in [1.54, 1.807) is 11.7 Å². The highest BCUT2D eigenvalue weighted by molar-refractivity contribution is 5.59. The van der Waals surface area contributed by atoms with Gasteiger partial charge < -0.3 is 5.32 Å². The summed E-state index contributed by atoms with van der Waals surface area (Å²) in [6, 6.07) is 0. The molecule has 0 amide bonds. The van der Waals surface area contributed by atoms with Crippen LogP contribution < -0.4 is 5.32 Å². The summed E-state index contributed by atoms with van der Waals surface area (Å²) in [6.45, 7) is 2.82. The van der Waals surface area contributed by atoms with Gasteiger partial charge in [-0.3, -0.25) is 10.1 Å². The van der Waals surface area contributed by atoms with E-state index in [1.165, 1.54) is 25.7 Å². The SMILES string of the molecule is CCCc1nn(C)c(NCC2CCCC2)c1[N+](=O)[O-]. The Bertz CT molecular complexity index is 450. The van der Waals surface area contributed by atoms with Gasteiger partial charge >= 0.3 is 5.69 Å². The zero-order valence-electron chi connectivity index (χ0n) is 11.7. The molecule has 1 aromatic rings. The molecule has 0 aliphatic heterocycles. The summed E-state index contributed by atoms with van der Waals surface area (Å²) in [6.07, 6.45) is 6.51. The van der Waals surface area contributed by atoms with Crippen LogP contribution in [0.4, 0.5) is 11.5 Å². The molecule has 0 unspecified atom stereocenters. The number of anilines is 1. The Morgan fingerprint density at radius 3 is 2.74 bits per heavy atom. The van der Waals surface area contributed by atoms with Crippen molar-refractivity contribution in [3.63, 3.8) is 0 Å². The van der Waals surface area contributed by atoms with Crippen LogP contribution in [0.15, 0.2) is 0 Å². The second-order valence-electron chi connectivity index (χ2n) is 5.31. The molecule has 2 rings (SSSR count). The van der Waals surface area contributed by atoms with Crippen LogP contribution in [0.25, 0.3) is 0 Å². The highest BCUT2D eigenvalue weighted by atomic mass is 16.6. The smallest absolute Gasteiger partial charge is 0.333 e. The molecule has 1 fully saturated rings. The molecule has 6 nitrogen and oxygen atoms in total. The Kier molecular flexibility index (Phi) is 4.39. The molecule has 19 heavy (non-hydrogen) atoms. The Morgan fingerprint density at radius 2 is 2.16 bits per heavy atom. The summed E-state index contributed by atoms with van der Waals surface area (Å²) >= 11 is 0. The molecular weight excluding hydrogens is 244 g/mol. The van der Waals surface area contributed by atoms with Gasteiger partial charge in [-0.05, 0) is 25.2 Å². The zero-order chi connectivity index (χ0) is 13.8. The molecule has 0 bridgehead atoms.